The van der Waals surface area contributed by atoms with Gasteiger partial charge in [0.15, 0.2) is 0 Å². The van der Waals surface area contributed by atoms with Gasteiger partial charge in [-0.15, -0.1) is 0 Å². The summed E-state index contributed by atoms with van der Waals surface area (Å²) in [6.07, 6.45) is 1.85. The van der Waals surface area contributed by atoms with E-state index in [1.54, 1.807) is 7.11 Å². The largest absolute Gasteiger partial charge is 0.380 e. The van der Waals surface area contributed by atoms with Crippen LogP contribution in [0.5, 0.6) is 0 Å². The second-order valence-electron chi connectivity index (χ2n) is 3.07. The van der Waals surface area contributed by atoms with Crippen molar-refractivity contribution in [3.8, 4) is 0 Å². The van der Waals surface area contributed by atoms with Gasteiger partial charge in [0.05, 0.1) is 18.3 Å². The van der Waals surface area contributed by atoms with Crippen molar-refractivity contribution in [2.45, 2.75) is 13.5 Å². The Morgan fingerprint density at radius 2 is 2.31 bits per heavy atom. The van der Waals surface area contributed by atoms with Crippen molar-refractivity contribution in [2.24, 2.45) is 0 Å². The Morgan fingerprint density at radius 3 is 3.08 bits per heavy atom. The van der Waals surface area contributed by atoms with Crippen molar-refractivity contribution in [1.82, 2.24) is 9.61 Å². The first-order valence-corrected chi connectivity index (χ1v) is 4.24. The molecule has 0 saturated heterocycles. The van der Waals surface area contributed by atoms with Gasteiger partial charge in [-0.05, 0) is 19.1 Å². The number of hydrogen-bond donors (Lipinski definition) is 0. The van der Waals surface area contributed by atoms with Gasteiger partial charge in [0.1, 0.15) is 0 Å². The van der Waals surface area contributed by atoms with Gasteiger partial charge in [0.25, 0.3) is 0 Å². The van der Waals surface area contributed by atoms with Gasteiger partial charge in [0.2, 0.25) is 0 Å². The summed E-state index contributed by atoms with van der Waals surface area (Å²) in [5.41, 5.74) is 3.40. The lowest BCUT2D eigenvalue weighted by Gasteiger charge is -1.99. The molecule has 0 atom stereocenters. The first-order chi connectivity index (χ1) is 6.33. The van der Waals surface area contributed by atoms with E-state index in [1.165, 1.54) is 0 Å². The standard InChI is InChI=1S/C10H12N2O/c1-8-4-3-5-10-9(7-13-2)6-11-12(8)10/h3-6H,7H2,1-2H3. The molecule has 3 nitrogen and oxygen atoms in total. The van der Waals surface area contributed by atoms with Crippen LogP contribution in [-0.2, 0) is 11.3 Å². The molecule has 0 radical (unpaired) electrons. The van der Waals surface area contributed by atoms with Crippen LogP contribution in [0.2, 0.25) is 0 Å². The topological polar surface area (TPSA) is 26.5 Å². The van der Waals surface area contributed by atoms with Gasteiger partial charge in [-0.1, -0.05) is 6.07 Å². The fourth-order valence-corrected chi connectivity index (χ4v) is 1.47. The van der Waals surface area contributed by atoms with Crippen LogP contribution in [0.1, 0.15) is 11.3 Å². The molecule has 2 rings (SSSR count). The first-order valence-electron chi connectivity index (χ1n) is 4.24. The molecule has 3 heteroatoms. The van der Waals surface area contributed by atoms with Gasteiger partial charge in [0, 0.05) is 18.4 Å². The van der Waals surface area contributed by atoms with E-state index in [0.29, 0.717) is 6.61 Å². The van der Waals surface area contributed by atoms with E-state index >= 15 is 0 Å². The number of aryl methyl sites for hydroxylation is 1. The van der Waals surface area contributed by atoms with E-state index in [1.807, 2.05) is 35.8 Å². The van der Waals surface area contributed by atoms with Crippen LogP contribution < -0.4 is 0 Å². The van der Waals surface area contributed by atoms with Gasteiger partial charge in [-0.25, -0.2) is 4.52 Å². The Bertz CT molecular complexity index is 420. The van der Waals surface area contributed by atoms with Gasteiger partial charge < -0.3 is 4.74 Å². The zero-order valence-electron chi connectivity index (χ0n) is 7.82. The van der Waals surface area contributed by atoms with E-state index in [9.17, 15) is 0 Å². The average molecular weight is 176 g/mol. The molecule has 0 aliphatic heterocycles. The molecule has 0 aliphatic carbocycles. The molecule has 2 aromatic heterocycles. The quantitative estimate of drug-likeness (QED) is 0.697. The maximum Gasteiger partial charge on any atom is 0.0750 e. The number of aromatic nitrogens is 2. The summed E-state index contributed by atoms with van der Waals surface area (Å²) in [6, 6.07) is 6.12. The second kappa shape index (κ2) is 3.18. The van der Waals surface area contributed by atoms with Crippen LogP contribution in [0.3, 0.4) is 0 Å². The normalized spacial score (nSPS) is 10.9. The molecule has 0 spiro atoms. The van der Waals surface area contributed by atoms with E-state index in [4.69, 9.17) is 4.74 Å². The molecular formula is C10H12N2O. The average Bonchev–Trinajstić information content (AvgIpc) is 2.51. The van der Waals surface area contributed by atoms with E-state index in [-0.39, 0.29) is 0 Å². The lowest BCUT2D eigenvalue weighted by Crippen LogP contribution is -1.92. The zero-order valence-corrected chi connectivity index (χ0v) is 7.82. The van der Waals surface area contributed by atoms with Crippen LogP contribution in [0, 0.1) is 6.92 Å². The number of ether oxygens (including phenoxy) is 1. The summed E-state index contributed by atoms with van der Waals surface area (Å²) in [5, 5.41) is 4.27. The molecule has 0 unspecified atom stereocenters. The van der Waals surface area contributed by atoms with Gasteiger partial charge in [-0.2, -0.15) is 5.10 Å². The predicted molar refractivity (Wildman–Crippen MR) is 50.6 cm³/mol. The number of fused-ring (bicyclic) bond motifs is 1. The van der Waals surface area contributed by atoms with Crippen LogP contribution in [0.25, 0.3) is 5.52 Å². The molecule has 0 aliphatic rings. The van der Waals surface area contributed by atoms with E-state index in [0.717, 1.165) is 16.8 Å². The molecule has 2 aromatic rings. The molecule has 0 N–H and O–H groups in total. The minimum Gasteiger partial charge on any atom is -0.380 e. The van der Waals surface area contributed by atoms with Crippen molar-refractivity contribution in [3.05, 3.63) is 35.7 Å². The highest BCUT2D eigenvalue weighted by atomic mass is 16.5. The van der Waals surface area contributed by atoms with Gasteiger partial charge >= 0.3 is 0 Å². The molecule has 68 valence electrons. The highest BCUT2D eigenvalue weighted by Gasteiger charge is 2.03. The fourth-order valence-electron chi connectivity index (χ4n) is 1.47. The summed E-state index contributed by atoms with van der Waals surface area (Å²) in [5.74, 6) is 0. The number of rotatable bonds is 2. The van der Waals surface area contributed by atoms with Crippen molar-refractivity contribution in [2.75, 3.05) is 7.11 Å². The van der Waals surface area contributed by atoms with Crippen molar-refractivity contribution >= 4 is 5.52 Å². The van der Waals surface area contributed by atoms with Crippen LogP contribution in [0.15, 0.2) is 24.4 Å². The Morgan fingerprint density at radius 1 is 1.46 bits per heavy atom. The maximum atomic E-state index is 5.08. The molecule has 2 heterocycles. The minimum absolute atomic E-state index is 0.618. The summed E-state index contributed by atoms with van der Waals surface area (Å²) in [4.78, 5) is 0. The minimum atomic E-state index is 0.618. The molecule has 0 bridgehead atoms. The Kier molecular flexibility index (Phi) is 2.02. The molecule has 13 heavy (non-hydrogen) atoms. The van der Waals surface area contributed by atoms with Crippen molar-refractivity contribution in [3.63, 3.8) is 0 Å². The Labute approximate surface area is 76.9 Å². The lowest BCUT2D eigenvalue weighted by molar-refractivity contribution is 0.186. The Hall–Kier alpha value is -1.35. The molecule has 0 fully saturated rings. The van der Waals surface area contributed by atoms with Crippen molar-refractivity contribution in [1.29, 1.82) is 0 Å². The summed E-state index contributed by atoms with van der Waals surface area (Å²) in [6.45, 7) is 2.66. The fraction of sp³-hybridized carbons (Fsp3) is 0.300. The monoisotopic (exact) mass is 176 g/mol. The zero-order chi connectivity index (χ0) is 9.26. The third-order valence-electron chi connectivity index (χ3n) is 2.11. The molecular weight excluding hydrogens is 164 g/mol. The third kappa shape index (κ3) is 1.31. The predicted octanol–water partition coefficient (Wildman–Crippen LogP) is 1.79. The number of pyridine rings is 1. The highest BCUT2D eigenvalue weighted by molar-refractivity contribution is 5.53. The van der Waals surface area contributed by atoms with Gasteiger partial charge in [-0.3, -0.25) is 0 Å². The third-order valence-corrected chi connectivity index (χ3v) is 2.11. The number of nitrogens with zero attached hydrogens (tertiary/aromatic N) is 2. The summed E-state index contributed by atoms with van der Waals surface area (Å²) < 4.78 is 7.01. The molecule has 0 aromatic carbocycles. The highest BCUT2D eigenvalue weighted by Crippen LogP contribution is 2.12. The first kappa shape index (κ1) is 8.26. The number of hydrogen-bond acceptors (Lipinski definition) is 2. The second-order valence-corrected chi connectivity index (χ2v) is 3.07. The molecule has 0 saturated carbocycles. The SMILES string of the molecule is COCc1cnn2c(C)cccc12. The smallest absolute Gasteiger partial charge is 0.0750 e. The lowest BCUT2D eigenvalue weighted by atomic mass is 10.2. The summed E-state index contributed by atoms with van der Waals surface area (Å²) in [7, 11) is 1.69. The van der Waals surface area contributed by atoms with Crippen LogP contribution in [-0.4, -0.2) is 16.7 Å². The van der Waals surface area contributed by atoms with Crippen LogP contribution in [0.4, 0.5) is 0 Å². The maximum absolute atomic E-state index is 5.08. The summed E-state index contributed by atoms with van der Waals surface area (Å²) >= 11 is 0. The van der Waals surface area contributed by atoms with Crippen LogP contribution >= 0.6 is 0 Å². The van der Waals surface area contributed by atoms with Crippen molar-refractivity contribution < 1.29 is 4.74 Å². The Balaban J connectivity index is 2.61. The van der Waals surface area contributed by atoms with E-state index in [2.05, 4.69) is 5.10 Å². The van der Waals surface area contributed by atoms with E-state index < -0.39 is 0 Å². The molecule has 0 amide bonds. The number of methoxy groups -OCH3 is 1.